The molecule has 3 heterocycles. The van der Waals surface area contributed by atoms with Crippen molar-refractivity contribution in [3.63, 3.8) is 0 Å². The lowest BCUT2D eigenvalue weighted by Crippen LogP contribution is -1.92. The first-order chi connectivity index (χ1) is 10.2. The topological polar surface area (TPSA) is 48.5 Å². The number of thioether (sulfide) groups is 1. The molecular formula is C15H15N5S. The van der Waals surface area contributed by atoms with E-state index in [4.69, 9.17) is 4.98 Å². The lowest BCUT2D eigenvalue weighted by atomic mass is 10.1. The number of fused-ring (bicyclic) bond motifs is 3. The summed E-state index contributed by atoms with van der Waals surface area (Å²) < 4.78 is 4.02. The van der Waals surface area contributed by atoms with E-state index in [1.54, 1.807) is 16.4 Å². The van der Waals surface area contributed by atoms with Crippen molar-refractivity contribution < 1.29 is 0 Å². The van der Waals surface area contributed by atoms with Gasteiger partial charge in [-0.25, -0.2) is 9.97 Å². The Labute approximate surface area is 127 Å². The highest BCUT2D eigenvalue weighted by molar-refractivity contribution is 7.98. The van der Waals surface area contributed by atoms with E-state index in [-0.39, 0.29) is 0 Å². The lowest BCUT2D eigenvalue weighted by Gasteiger charge is -1.97. The zero-order valence-corrected chi connectivity index (χ0v) is 12.8. The maximum absolute atomic E-state index is 4.76. The molecule has 0 radical (unpaired) electrons. The highest BCUT2D eigenvalue weighted by atomic mass is 32.2. The number of hydrogen-bond acceptors (Lipinski definition) is 4. The molecule has 0 amide bonds. The van der Waals surface area contributed by atoms with Crippen molar-refractivity contribution in [1.29, 1.82) is 0 Å². The molecular weight excluding hydrogens is 282 g/mol. The van der Waals surface area contributed by atoms with Crippen molar-refractivity contribution in [1.82, 2.24) is 24.3 Å². The zero-order valence-electron chi connectivity index (χ0n) is 11.9. The molecule has 6 heteroatoms. The van der Waals surface area contributed by atoms with E-state index in [0.29, 0.717) is 0 Å². The molecule has 0 unspecified atom stereocenters. The van der Waals surface area contributed by atoms with Gasteiger partial charge in [0, 0.05) is 31.1 Å². The fourth-order valence-corrected chi connectivity index (χ4v) is 3.36. The van der Waals surface area contributed by atoms with Crippen LogP contribution >= 0.6 is 11.8 Å². The molecule has 2 aromatic heterocycles. The van der Waals surface area contributed by atoms with Crippen LogP contribution in [-0.2, 0) is 19.3 Å². The van der Waals surface area contributed by atoms with Gasteiger partial charge >= 0.3 is 0 Å². The molecule has 0 spiro atoms. The molecule has 106 valence electrons. The summed E-state index contributed by atoms with van der Waals surface area (Å²) in [7, 11) is 1.91. The Hall–Kier alpha value is -2.08. The summed E-state index contributed by atoms with van der Waals surface area (Å²) in [6.07, 6.45) is 2.14. The van der Waals surface area contributed by atoms with E-state index in [2.05, 4.69) is 45.1 Å². The van der Waals surface area contributed by atoms with Gasteiger partial charge in [-0.2, -0.15) is 0 Å². The second kappa shape index (κ2) is 4.73. The molecule has 1 aliphatic heterocycles. The van der Waals surface area contributed by atoms with Crippen LogP contribution in [0.25, 0.3) is 11.4 Å². The Bertz CT molecular complexity index is 798. The maximum atomic E-state index is 4.76. The van der Waals surface area contributed by atoms with Crippen LogP contribution in [0.15, 0.2) is 35.6 Å². The van der Waals surface area contributed by atoms with Gasteiger partial charge in [0.1, 0.15) is 11.6 Å². The summed E-state index contributed by atoms with van der Waals surface area (Å²) in [4.78, 5) is 9.16. The van der Waals surface area contributed by atoms with Gasteiger partial charge in [-0.05, 0) is 12.5 Å². The third-order valence-corrected chi connectivity index (χ3v) is 4.61. The minimum absolute atomic E-state index is 0.797. The normalized spacial score (nSPS) is 12.5. The molecule has 0 fully saturated rings. The van der Waals surface area contributed by atoms with Crippen LogP contribution in [0.2, 0.25) is 0 Å². The lowest BCUT2D eigenvalue weighted by molar-refractivity contribution is 0.715. The number of imidazole rings is 1. The average molecular weight is 297 g/mol. The molecule has 1 aromatic carbocycles. The first-order valence-electron chi connectivity index (χ1n) is 6.85. The third-order valence-electron chi connectivity index (χ3n) is 3.74. The molecule has 4 rings (SSSR count). The van der Waals surface area contributed by atoms with E-state index >= 15 is 0 Å². The first kappa shape index (κ1) is 12.6. The second-order valence-corrected chi connectivity index (χ2v) is 6.14. The molecule has 0 N–H and O–H groups in total. The predicted octanol–water partition coefficient (Wildman–Crippen LogP) is 2.64. The highest BCUT2D eigenvalue weighted by Crippen LogP contribution is 2.31. The monoisotopic (exact) mass is 297 g/mol. The number of hydrogen-bond donors (Lipinski definition) is 0. The Morgan fingerprint density at radius 2 is 2.10 bits per heavy atom. The van der Waals surface area contributed by atoms with Gasteiger partial charge < -0.3 is 4.57 Å². The summed E-state index contributed by atoms with van der Waals surface area (Å²) in [6, 6.07) is 8.45. The quantitative estimate of drug-likeness (QED) is 0.545. The summed E-state index contributed by atoms with van der Waals surface area (Å²) in [5.41, 5.74) is 3.68. The van der Waals surface area contributed by atoms with Gasteiger partial charge in [0.05, 0.1) is 5.69 Å². The van der Waals surface area contributed by atoms with Gasteiger partial charge in [0.2, 0.25) is 5.16 Å². The van der Waals surface area contributed by atoms with Crippen LogP contribution in [0.5, 0.6) is 0 Å². The minimum atomic E-state index is 0.797. The van der Waals surface area contributed by atoms with E-state index < -0.39 is 0 Å². The van der Waals surface area contributed by atoms with E-state index in [9.17, 15) is 0 Å². The second-order valence-electron chi connectivity index (χ2n) is 5.19. The SMILES string of the molecule is Cc1nc(SCc2cn3c(n2)-c2ccccc2C3)nn1C. The molecule has 0 atom stereocenters. The summed E-state index contributed by atoms with van der Waals surface area (Å²) >= 11 is 1.63. The van der Waals surface area contributed by atoms with Crippen LogP contribution in [0.1, 0.15) is 17.1 Å². The van der Waals surface area contributed by atoms with Gasteiger partial charge in [-0.3, -0.25) is 4.68 Å². The summed E-state index contributed by atoms with van der Waals surface area (Å²) in [5.74, 6) is 2.80. The van der Waals surface area contributed by atoms with Gasteiger partial charge in [-0.15, -0.1) is 5.10 Å². The fraction of sp³-hybridized carbons (Fsp3) is 0.267. The van der Waals surface area contributed by atoms with E-state index in [0.717, 1.165) is 34.8 Å². The van der Waals surface area contributed by atoms with E-state index in [1.807, 2.05) is 14.0 Å². The smallest absolute Gasteiger partial charge is 0.209 e. The minimum Gasteiger partial charge on any atom is -0.326 e. The van der Waals surface area contributed by atoms with Crippen LogP contribution < -0.4 is 0 Å². The molecule has 5 nitrogen and oxygen atoms in total. The van der Waals surface area contributed by atoms with Crippen molar-refractivity contribution in [2.45, 2.75) is 24.4 Å². The molecule has 0 saturated carbocycles. The Balaban J connectivity index is 1.54. The zero-order chi connectivity index (χ0) is 14.4. The van der Waals surface area contributed by atoms with Crippen molar-refractivity contribution in [2.24, 2.45) is 7.05 Å². The molecule has 21 heavy (non-hydrogen) atoms. The highest BCUT2D eigenvalue weighted by Gasteiger charge is 2.20. The summed E-state index contributed by atoms with van der Waals surface area (Å²) in [5, 5.41) is 5.17. The Kier molecular flexibility index (Phi) is 2.85. The predicted molar refractivity (Wildman–Crippen MR) is 82.1 cm³/mol. The number of benzene rings is 1. The van der Waals surface area contributed by atoms with Gasteiger partial charge in [0.25, 0.3) is 0 Å². The number of nitrogens with zero attached hydrogens (tertiary/aromatic N) is 5. The van der Waals surface area contributed by atoms with Gasteiger partial charge in [0.15, 0.2) is 0 Å². The standard InChI is InChI=1S/C15H15N5S/c1-10-16-15(18-19(10)2)21-9-12-8-20-7-11-5-3-4-6-13(11)14(20)17-12/h3-6,8H,7,9H2,1-2H3. The molecule has 3 aromatic rings. The Morgan fingerprint density at radius 3 is 2.90 bits per heavy atom. The van der Waals surface area contributed by atoms with Crippen LogP contribution in [-0.4, -0.2) is 24.3 Å². The number of aromatic nitrogens is 5. The number of aryl methyl sites for hydroxylation is 2. The van der Waals surface area contributed by atoms with Crippen molar-refractivity contribution >= 4 is 11.8 Å². The summed E-state index contributed by atoms with van der Waals surface area (Å²) in [6.45, 7) is 2.88. The van der Waals surface area contributed by atoms with Gasteiger partial charge in [-0.1, -0.05) is 36.0 Å². The fourth-order valence-electron chi connectivity index (χ4n) is 2.57. The van der Waals surface area contributed by atoms with Crippen LogP contribution in [0.4, 0.5) is 0 Å². The molecule has 0 saturated heterocycles. The first-order valence-corrected chi connectivity index (χ1v) is 7.84. The molecule has 0 bridgehead atoms. The van der Waals surface area contributed by atoms with Crippen LogP contribution in [0.3, 0.4) is 0 Å². The van der Waals surface area contributed by atoms with Crippen molar-refractivity contribution in [3.05, 3.63) is 47.5 Å². The van der Waals surface area contributed by atoms with E-state index in [1.165, 1.54) is 11.1 Å². The largest absolute Gasteiger partial charge is 0.326 e. The Morgan fingerprint density at radius 1 is 1.24 bits per heavy atom. The third kappa shape index (κ3) is 2.15. The molecule has 0 aliphatic carbocycles. The maximum Gasteiger partial charge on any atom is 0.209 e. The van der Waals surface area contributed by atoms with Crippen LogP contribution in [0, 0.1) is 6.92 Å². The van der Waals surface area contributed by atoms with Crippen molar-refractivity contribution in [2.75, 3.05) is 0 Å². The van der Waals surface area contributed by atoms with Crippen molar-refractivity contribution in [3.8, 4) is 11.4 Å². The number of rotatable bonds is 3. The molecule has 1 aliphatic rings. The average Bonchev–Trinajstić information content (AvgIpc) is 3.10.